The maximum Gasteiger partial charge on any atom is 0.143 e. The minimum Gasteiger partial charge on any atom is -0.481 e. The molecule has 1 unspecified atom stereocenters. The second-order valence-electron chi connectivity index (χ2n) is 5.90. The van der Waals surface area contributed by atoms with Gasteiger partial charge in [-0.1, -0.05) is 72.3 Å². The number of benzene rings is 3. The van der Waals surface area contributed by atoms with Crippen LogP contribution in [0.2, 0.25) is 0 Å². The van der Waals surface area contributed by atoms with Crippen LogP contribution in [0.5, 0.6) is 5.75 Å². The number of hydrogen-bond donors (Lipinski definition) is 0. The lowest BCUT2D eigenvalue weighted by Gasteiger charge is -2.26. The first kappa shape index (κ1) is 13.8. The van der Waals surface area contributed by atoms with Crippen LogP contribution in [0.4, 0.5) is 0 Å². The highest BCUT2D eigenvalue weighted by molar-refractivity contribution is 5.84. The van der Waals surface area contributed by atoms with Crippen LogP contribution in [0.15, 0.2) is 84.9 Å². The number of ether oxygens (including phenoxy) is 1. The van der Waals surface area contributed by atoms with Crippen LogP contribution in [0.3, 0.4) is 0 Å². The molecule has 1 heteroatoms. The van der Waals surface area contributed by atoms with Gasteiger partial charge in [0.05, 0.1) is 0 Å². The molecule has 0 N–H and O–H groups in total. The summed E-state index contributed by atoms with van der Waals surface area (Å²) in [6, 6.07) is 27.3. The van der Waals surface area contributed by atoms with Crippen LogP contribution in [-0.2, 0) is 0 Å². The fourth-order valence-corrected chi connectivity index (χ4v) is 3.05. The van der Waals surface area contributed by atoms with Crippen molar-refractivity contribution in [3.8, 4) is 5.75 Å². The van der Waals surface area contributed by atoms with Gasteiger partial charge in [-0.05, 0) is 41.8 Å². The van der Waals surface area contributed by atoms with Crippen LogP contribution in [0.1, 0.15) is 28.4 Å². The number of aryl methyl sites for hydroxylation is 1. The second-order valence-corrected chi connectivity index (χ2v) is 5.90. The summed E-state index contributed by atoms with van der Waals surface area (Å²) in [4.78, 5) is 0. The van der Waals surface area contributed by atoms with Gasteiger partial charge in [-0.3, -0.25) is 0 Å². The maximum atomic E-state index is 6.25. The molecule has 0 amide bonds. The van der Waals surface area contributed by atoms with E-state index in [1.807, 2.05) is 6.07 Å². The predicted molar refractivity (Wildman–Crippen MR) is 94.5 cm³/mol. The van der Waals surface area contributed by atoms with E-state index in [1.54, 1.807) is 0 Å². The molecular formula is C22H18O. The Bertz CT molecular complexity index is 848. The molecule has 1 heterocycles. The zero-order chi connectivity index (χ0) is 15.6. The molecule has 3 aromatic rings. The fourth-order valence-electron chi connectivity index (χ4n) is 3.05. The topological polar surface area (TPSA) is 9.23 Å². The molecule has 0 radical (unpaired) electrons. The van der Waals surface area contributed by atoms with Crippen molar-refractivity contribution in [2.75, 3.05) is 0 Å². The Balaban J connectivity index is 1.87. The monoisotopic (exact) mass is 298 g/mol. The highest BCUT2D eigenvalue weighted by Crippen LogP contribution is 2.40. The Hall–Kier alpha value is -2.80. The van der Waals surface area contributed by atoms with Gasteiger partial charge in [-0.2, -0.15) is 0 Å². The Labute approximate surface area is 136 Å². The lowest BCUT2D eigenvalue weighted by Crippen LogP contribution is -2.12. The predicted octanol–water partition coefficient (Wildman–Crippen LogP) is 5.56. The van der Waals surface area contributed by atoms with Gasteiger partial charge >= 0.3 is 0 Å². The van der Waals surface area contributed by atoms with Gasteiger partial charge in [0.1, 0.15) is 11.9 Å². The molecule has 0 spiro atoms. The fraction of sp³-hybridized carbons (Fsp3) is 0.0909. The molecule has 4 rings (SSSR count). The molecule has 112 valence electrons. The summed E-state index contributed by atoms with van der Waals surface area (Å²) >= 11 is 0. The number of hydrogen-bond acceptors (Lipinski definition) is 1. The Morgan fingerprint density at radius 1 is 0.783 bits per heavy atom. The molecule has 23 heavy (non-hydrogen) atoms. The number of rotatable bonds is 2. The molecule has 1 atom stereocenters. The summed E-state index contributed by atoms with van der Waals surface area (Å²) in [5.74, 6) is 0.950. The van der Waals surface area contributed by atoms with E-state index in [4.69, 9.17) is 4.74 Å². The van der Waals surface area contributed by atoms with Crippen molar-refractivity contribution in [3.05, 3.63) is 107 Å². The van der Waals surface area contributed by atoms with E-state index in [-0.39, 0.29) is 6.10 Å². The van der Waals surface area contributed by atoms with Gasteiger partial charge in [-0.15, -0.1) is 0 Å². The molecular weight excluding hydrogens is 280 g/mol. The van der Waals surface area contributed by atoms with E-state index in [1.165, 1.54) is 27.8 Å². The molecule has 1 aliphatic heterocycles. The first-order valence-electron chi connectivity index (χ1n) is 7.91. The summed E-state index contributed by atoms with van der Waals surface area (Å²) < 4.78 is 6.25. The van der Waals surface area contributed by atoms with Gasteiger partial charge in [0.25, 0.3) is 0 Å². The van der Waals surface area contributed by atoms with E-state index in [0.717, 1.165) is 5.75 Å². The van der Waals surface area contributed by atoms with Gasteiger partial charge in [0, 0.05) is 5.56 Å². The van der Waals surface area contributed by atoms with Crippen molar-refractivity contribution in [1.29, 1.82) is 0 Å². The van der Waals surface area contributed by atoms with E-state index in [2.05, 4.69) is 85.8 Å². The van der Waals surface area contributed by atoms with Crippen LogP contribution >= 0.6 is 0 Å². The highest BCUT2D eigenvalue weighted by Gasteiger charge is 2.22. The van der Waals surface area contributed by atoms with Crippen molar-refractivity contribution in [2.24, 2.45) is 0 Å². The Kier molecular flexibility index (Phi) is 3.47. The molecule has 0 saturated carbocycles. The summed E-state index contributed by atoms with van der Waals surface area (Å²) in [6.45, 7) is 2.12. The van der Waals surface area contributed by atoms with Crippen molar-refractivity contribution >= 4 is 5.57 Å². The molecule has 0 aromatic heterocycles. The lowest BCUT2D eigenvalue weighted by molar-refractivity contribution is 0.251. The van der Waals surface area contributed by atoms with Gasteiger partial charge < -0.3 is 4.74 Å². The molecule has 0 saturated heterocycles. The Morgan fingerprint density at radius 2 is 1.48 bits per heavy atom. The van der Waals surface area contributed by atoms with Crippen molar-refractivity contribution in [1.82, 2.24) is 0 Å². The summed E-state index contributed by atoms with van der Waals surface area (Å²) in [5, 5.41) is 0. The van der Waals surface area contributed by atoms with Crippen LogP contribution in [0, 0.1) is 6.92 Å². The van der Waals surface area contributed by atoms with Crippen LogP contribution < -0.4 is 4.74 Å². The van der Waals surface area contributed by atoms with E-state index in [9.17, 15) is 0 Å². The van der Waals surface area contributed by atoms with Crippen LogP contribution in [0.25, 0.3) is 5.57 Å². The molecule has 3 aromatic carbocycles. The zero-order valence-corrected chi connectivity index (χ0v) is 13.1. The van der Waals surface area contributed by atoms with E-state index < -0.39 is 0 Å². The molecule has 1 aliphatic rings. The van der Waals surface area contributed by atoms with Crippen molar-refractivity contribution in [2.45, 2.75) is 13.0 Å². The minimum absolute atomic E-state index is 0.0541. The molecule has 1 nitrogen and oxygen atoms in total. The largest absolute Gasteiger partial charge is 0.481 e. The normalized spacial score (nSPS) is 16.2. The smallest absolute Gasteiger partial charge is 0.143 e. The van der Waals surface area contributed by atoms with E-state index >= 15 is 0 Å². The first-order valence-corrected chi connectivity index (χ1v) is 7.91. The minimum atomic E-state index is -0.0541. The van der Waals surface area contributed by atoms with E-state index in [0.29, 0.717) is 0 Å². The average molecular weight is 298 g/mol. The van der Waals surface area contributed by atoms with Crippen LogP contribution in [-0.4, -0.2) is 0 Å². The molecule has 0 fully saturated rings. The molecule has 0 bridgehead atoms. The molecule has 0 aliphatic carbocycles. The van der Waals surface area contributed by atoms with Crippen molar-refractivity contribution in [3.63, 3.8) is 0 Å². The summed E-state index contributed by atoms with van der Waals surface area (Å²) in [6.07, 6.45) is 2.17. The van der Waals surface area contributed by atoms with Gasteiger partial charge in [0.2, 0.25) is 0 Å². The third-order valence-electron chi connectivity index (χ3n) is 4.21. The zero-order valence-electron chi connectivity index (χ0n) is 13.1. The standard InChI is InChI=1S/C22H18O/c1-16-12-13-21-20(14-16)19(17-8-4-2-5-9-17)15-22(23-21)18-10-6-3-7-11-18/h2-15,22H,1H3. The second kappa shape index (κ2) is 5.77. The quantitative estimate of drug-likeness (QED) is 0.602. The van der Waals surface area contributed by atoms with Crippen molar-refractivity contribution < 1.29 is 4.74 Å². The summed E-state index contributed by atoms with van der Waals surface area (Å²) in [5.41, 5.74) is 6.05. The van der Waals surface area contributed by atoms with Gasteiger partial charge in [-0.25, -0.2) is 0 Å². The average Bonchev–Trinajstić information content (AvgIpc) is 2.62. The lowest BCUT2D eigenvalue weighted by atomic mass is 9.91. The SMILES string of the molecule is Cc1ccc2c(c1)C(c1ccccc1)=CC(c1ccccc1)O2. The Morgan fingerprint density at radius 3 is 2.22 bits per heavy atom. The number of fused-ring (bicyclic) bond motifs is 1. The highest BCUT2D eigenvalue weighted by atomic mass is 16.5. The third-order valence-corrected chi connectivity index (χ3v) is 4.21. The summed E-state index contributed by atoms with van der Waals surface area (Å²) in [7, 11) is 0. The first-order chi connectivity index (χ1) is 11.3. The maximum absolute atomic E-state index is 6.25. The third kappa shape index (κ3) is 2.66. The van der Waals surface area contributed by atoms with Gasteiger partial charge in [0.15, 0.2) is 0 Å².